The minimum absolute atomic E-state index is 0.729. The molecule has 0 radical (unpaired) electrons. The first-order valence-electron chi connectivity index (χ1n) is 6.01. The molecule has 80 valence electrons. The summed E-state index contributed by atoms with van der Waals surface area (Å²) in [4.78, 5) is 2.77. The topological polar surface area (TPSA) is 24.5 Å². The minimum Gasteiger partial charge on any atom is -0.380 e. The first kappa shape index (κ1) is 9.13. The first-order valence-corrected chi connectivity index (χ1v) is 6.01. The Hall–Kier alpha value is -0.120. The molecule has 3 fully saturated rings. The second-order valence-electron chi connectivity index (χ2n) is 4.84. The van der Waals surface area contributed by atoms with Gasteiger partial charge in [0.15, 0.2) is 0 Å². The molecule has 3 rings (SSSR count). The molecule has 14 heavy (non-hydrogen) atoms. The Labute approximate surface area is 85.8 Å². The maximum absolute atomic E-state index is 5.51. The van der Waals surface area contributed by atoms with Crippen LogP contribution in [0.15, 0.2) is 0 Å². The van der Waals surface area contributed by atoms with Gasteiger partial charge in [0, 0.05) is 31.3 Å². The van der Waals surface area contributed by atoms with E-state index in [9.17, 15) is 0 Å². The van der Waals surface area contributed by atoms with Gasteiger partial charge in [-0.25, -0.2) is 0 Å². The molecule has 3 saturated heterocycles. The zero-order chi connectivity index (χ0) is 9.38. The molecule has 3 heteroatoms. The summed E-state index contributed by atoms with van der Waals surface area (Å²) in [6.45, 7) is 4.37. The molecule has 0 aliphatic carbocycles. The summed E-state index contributed by atoms with van der Waals surface area (Å²) in [6.07, 6.45) is 5.41. The molecule has 3 atom stereocenters. The van der Waals surface area contributed by atoms with Gasteiger partial charge in [-0.05, 0) is 32.2 Å². The van der Waals surface area contributed by atoms with Crippen LogP contribution >= 0.6 is 0 Å². The molecule has 0 aromatic heterocycles. The second-order valence-corrected chi connectivity index (χ2v) is 4.84. The number of hydrogen-bond acceptors (Lipinski definition) is 3. The SMILES string of the molecule is C1CC2CCC(CN1)N2C1CCOC1. The maximum atomic E-state index is 5.51. The van der Waals surface area contributed by atoms with Crippen molar-refractivity contribution in [3.8, 4) is 0 Å². The van der Waals surface area contributed by atoms with E-state index in [2.05, 4.69) is 10.2 Å². The van der Waals surface area contributed by atoms with Crippen molar-refractivity contribution in [2.75, 3.05) is 26.3 Å². The molecule has 3 nitrogen and oxygen atoms in total. The van der Waals surface area contributed by atoms with Crippen LogP contribution in [0, 0.1) is 0 Å². The van der Waals surface area contributed by atoms with Crippen molar-refractivity contribution in [3.63, 3.8) is 0 Å². The average Bonchev–Trinajstić information content (AvgIpc) is 2.72. The van der Waals surface area contributed by atoms with E-state index in [-0.39, 0.29) is 0 Å². The Morgan fingerprint density at radius 1 is 1.00 bits per heavy atom. The average molecular weight is 196 g/mol. The van der Waals surface area contributed by atoms with Crippen molar-refractivity contribution < 1.29 is 4.74 Å². The van der Waals surface area contributed by atoms with Crippen LogP contribution in [0.2, 0.25) is 0 Å². The molecule has 3 heterocycles. The first-order chi connectivity index (χ1) is 6.95. The van der Waals surface area contributed by atoms with Crippen LogP contribution in [-0.2, 0) is 4.74 Å². The molecule has 1 N–H and O–H groups in total. The van der Waals surface area contributed by atoms with Gasteiger partial charge < -0.3 is 10.1 Å². The van der Waals surface area contributed by atoms with E-state index in [1.807, 2.05) is 0 Å². The van der Waals surface area contributed by atoms with Gasteiger partial charge in [0.1, 0.15) is 0 Å². The normalized spacial score (nSPS) is 44.1. The Bertz CT molecular complexity index is 187. The maximum Gasteiger partial charge on any atom is 0.0622 e. The van der Waals surface area contributed by atoms with Crippen LogP contribution in [0.5, 0.6) is 0 Å². The quantitative estimate of drug-likeness (QED) is 0.665. The molecule has 3 aliphatic heterocycles. The summed E-state index contributed by atoms with van der Waals surface area (Å²) in [5.74, 6) is 0. The predicted octanol–water partition coefficient (Wildman–Crippen LogP) is 0.602. The Morgan fingerprint density at radius 2 is 1.93 bits per heavy atom. The van der Waals surface area contributed by atoms with E-state index in [1.54, 1.807) is 0 Å². The molecular weight excluding hydrogens is 176 g/mol. The standard InChI is InChI=1S/C11H20N2O/c1-2-10-7-12-5-3-9(1)13(10)11-4-6-14-8-11/h9-12H,1-8H2. The zero-order valence-corrected chi connectivity index (χ0v) is 8.74. The van der Waals surface area contributed by atoms with Crippen molar-refractivity contribution in [1.29, 1.82) is 0 Å². The van der Waals surface area contributed by atoms with E-state index in [1.165, 1.54) is 38.8 Å². The largest absolute Gasteiger partial charge is 0.380 e. The number of nitrogens with one attached hydrogen (secondary N) is 1. The molecule has 3 unspecified atom stereocenters. The number of ether oxygens (including phenoxy) is 1. The highest BCUT2D eigenvalue weighted by molar-refractivity contribution is 4.96. The van der Waals surface area contributed by atoms with Gasteiger partial charge in [-0.3, -0.25) is 4.90 Å². The summed E-state index contributed by atoms with van der Waals surface area (Å²) < 4.78 is 5.51. The Balaban J connectivity index is 1.75. The minimum atomic E-state index is 0.729. The summed E-state index contributed by atoms with van der Waals surface area (Å²) in [6, 6.07) is 2.38. The lowest BCUT2D eigenvalue weighted by Crippen LogP contribution is -2.45. The monoisotopic (exact) mass is 196 g/mol. The van der Waals surface area contributed by atoms with Crippen LogP contribution in [0.25, 0.3) is 0 Å². The van der Waals surface area contributed by atoms with Crippen molar-refractivity contribution in [3.05, 3.63) is 0 Å². The lowest BCUT2D eigenvalue weighted by Gasteiger charge is -2.32. The van der Waals surface area contributed by atoms with E-state index in [4.69, 9.17) is 4.74 Å². The lowest BCUT2D eigenvalue weighted by atomic mass is 10.1. The summed E-state index contributed by atoms with van der Waals surface area (Å²) in [7, 11) is 0. The fourth-order valence-corrected chi connectivity index (χ4v) is 3.37. The number of rotatable bonds is 1. The molecule has 3 aliphatic rings. The third kappa shape index (κ3) is 1.47. The van der Waals surface area contributed by atoms with Crippen molar-refractivity contribution >= 4 is 0 Å². The number of nitrogens with zero attached hydrogens (tertiary/aromatic N) is 1. The summed E-state index contributed by atoms with van der Waals surface area (Å²) >= 11 is 0. The molecule has 0 amide bonds. The van der Waals surface area contributed by atoms with Gasteiger partial charge in [0.2, 0.25) is 0 Å². The van der Waals surface area contributed by atoms with Gasteiger partial charge in [-0.2, -0.15) is 0 Å². The Morgan fingerprint density at radius 3 is 2.79 bits per heavy atom. The highest BCUT2D eigenvalue weighted by Gasteiger charge is 2.40. The van der Waals surface area contributed by atoms with Crippen molar-refractivity contribution in [2.24, 2.45) is 0 Å². The van der Waals surface area contributed by atoms with Crippen molar-refractivity contribution in [2.45, 2.75) is 43.8 Å². The fraction of sp³-hybridized carbons (Fsp3) is 1.00. The highest BCUT2D eigenvalue weighted by atomic mass is 16.5. The van der Waals surface area contributed by atoms with Gasteiger partial charge in [0.05, 0.1) is 6.61 Å². The smallest absolute Gasteiger partial charge is 0.0622 e. The Kier molecular flexibility index (Phi) is 2.48. The third-order valence-electron chi connectivity index (χ3n) is 4.04. The fourth-order valence-electron chi connectivity index (χ4n) is 3.37. The molecule has 2 bridgehead atoms. The molecule has 0 aromatic carbocycles. The van der Waals surface area contributed by atoms with E-state index in [0.29, 0.717) is 0 Å². The molecular formula is C11H20N2O. The highest BCUT2D eigenvalue weighted by Crippen LogP contribution is 2.32. The van der Waals surface area contributed by atoms with E-state index < -0.39 is 0 Å². The van der Waals surface area contributed by atoms with Crippen molar-refractivity contribution in [1.82, 2.24) is 10.2 Å². The summed E-state index contributed by atoms with van der Waals surface area (Å²) in [5, 5.41) is 3.55. The van der Waals surface area contributed by atoms with Crippen LogP contribution in [0.4, 0.5) is 0 Å². The second kappa shape index (κ2) is 3.80. The summed E-state index contributed by atoms with van der Waals surface area (Å²) in [5.41, 5.74) is 0. The lowest BCUT2D eigenvalue weighted by molar-refractivity contribution is 0.109. The molecule has 0 saturated carbocycles. The number of fused-ring (bicyclic) bond motifs is 2. The van der Waals surface area contributed by atoms with Crippen LogP contribution in [-0.4, -0.2) is 49.3 Å². The van der Waals surface area contributed by atoms with Gasteiger partial charge in [-0.1, -0.05) is 0 Å². The van der Waals surface area contributed by atoms with Crippen LogP contribution in [0.3, 0.4) is 0 Å². The molecule has 0 spiro atoms. The van der Waals surface area contributed by atoms with Crippen LogP contribution in [0.1, 0.15) is 25.7 Å². The van der Waals surface area contributed by atoms with Gasteiger partial charge in [0.25, 0.3) is 0 Å². The van der Waals surface area contributed by atoms with Crippen LogP contribution < -0.4 is 5.32 Å². The van der Waals surface area contributed by atoms with Gasteiger partial charge in [-0.15, -0.1) is 0 Å². The molecule has 0 aromatic rings. The zero-order valence-electron chi connectivity index (χ0n) is 8.74. The van der Waals surface area contributed by atoms with E-state index >= 15 is 0 Å². The van der Waals surface area contributed by atoms with Gasteiger partial charge >= 0.3 is 0 Å². The third-order valence-corrected chi connectivity index (χ3v) is 4.04. The van der Waals surface area contributed by atoms with E-state index in [0.717, 1.165) is 31.3 Å². The number of hydrogen-bond donors (Lipinski definition) is 1. The predicted molar refractivity (Wildman–Crippen MR) is 55.4 cm³/mol.